The zero-order valence-electron chi connectivity index (χ0n) is 41.1. The van der Waals surface area contributed by atoms with Gasteiger partial charge in [-0.2, -0.15) is 0 Å². The molecule has 4 saturated heterocycles. The molecule has 0 unspecified atom stereocenters. The summed E-state index contributed by atoms with van der Waals surface area (Å²) >= 11 is 0. The Hall–Kier alpha value is -5.76. The molecule has 4 aliphatic rings. The van der Waals surface area contributed by atoms with Gasteiger partial charge in [0.2, 0.25) is 35.4 Å². The maximum atomic E-state index is 14.1. The SMILES string of the molecule is CN[C@@H](C)C(=O)N[C@H]1CCCC[C@H]2CC[C@@H](C(=O)N[C@@H](COCc3cn(CCOC[C@@H](NC(=O)[C@@H]4CC[C@@H]5CCCC[C@H](NC(=O)[C@H](C)NC)C(=O)N54)c4ccccc4)nn3)c3ccccc3)N2C1=O. The lowest BCUT2D eigenvalue weighted by Gasteiger charge is -2.36. The molecule has 19 nitrogen and oxygen atoms in total. The van der Waals surface area contributed by atoms with Gasteiger partial charge < -0.3 is 51.2 Å². The average Bonchev–Trinajstić information content (AvgIpc) is 4.13. The minimum Gasteiger partial charge on any atom is -0.377 e. The standard InChI is InChI=1S/C51H73N11O8/c1-33(52-3)46(63)54-40-21-13-11-19-38-23-25-44(61(38)50(40)67)48(65)56-42(35-15-7-5-8-16-35)31-69-28-27-60-29-37(58-59-60)30-70-32-43(36-17-9-6-10-18-36)57-49(66)45-26-24-39-20-12-14-22-41(51(68)62(39)45)55-47(64)34(2)53-4/h5-10,15-18,29,33-34,38-45,52-53H,11-14,19-28,30-32H2,1-4H3,(H,54,63)(H,55,64)(H,56,65)(H,57,66)/t33-,34-,38-,39-,40-,41-,42+,43-,44-,45-/m0/s1. The van der Waals surface area contributed by atoms with Crippen LogP contribution in [-0.2, 0) is 51.4 Å². The molecule has 7 rings (SSSR count). The fraction of sp³-hybridized carbons (Fsp3) is 0.608. The Morgan fingerprint density at radius 3 is 1.56 bits per heavy atom. The lowest BCUT2D eigenvalue weighted by atomic mass is 9.98. The number of fused-ring (bicyclic) bond motifs is 2. The van der Waals surface area contributed by atoms with Crippen LogP contribution in [0.3, 0.4) is 0 Å². The summed E-state index contributed by atoms with van der Waals surface area (Å²) in [5.41, 5.74) is 2.31. The number of carbonyl (C=O) groups excluding carboxylic acids is 6. The third-order valence-corrected chi connectivity index (χ3v) is 14.5. The molecule has 2 aromatic carbocycles. The Morgan fingerprint density at radius 1 is 0.629 bits per heavy atom. The third-order valence-electron chi connectivity index (χ3n) is 14.5. The van der Waals surface area contributed by atoms with Gasteiger partial charge in [0, 0.05) is 12.1 Å². The fourth-order valence-corrected chi connectivity index (χ4v) is 10.2. The Kier molecular flexibility index (Phi) is 18.9. The highest BCUT2D eigenvalue weighted by Gasteiger charge is 2.46. The van der Waals surface area contributed by atoms with E-state index in [0.29, 0.717) is 37.9 Å². The van der Waals surface area contributed by atoms with E-state index in [1.807, 2.05) is 60.7 Å². The van der Waals surface area contributed by atoms with Gasteiger partial charge in [0.15, 0.2) is 0 Å². The topological polar surface area (TPSA) is 230 Å². The van der Waals surface area contributed by atoms with Crippen LogP contribution in [0.2, 0.25) is 0 Å². The second-order valence-electron chi connectivity index (χ2n) is 19.2. The van der Waals surface area contributed by atoms with Crippen molar-refractivity contribution in [3.63, 3.8) is 0 Å². The number of aromatic nitrogens is 3. The first-order chi connectivity index (χ1) is 33.9. The van der Waals surface area contributed by atoms with E-state index in [4.69, 9.17) is 9.47 Å². The van der Waals surface area contributed by atoms with Gasteiger partial charge in [-0.05, 0) is 90.4 Å². The van der Waals surface area contributed by atoms with Crippen LogP contribution in [0, 0.1) is 0 Å². The number of carbonyl (C=O) groups is 6. The van der Waals surface area contributed by atoms with Crippen LogP contribution in [0.15, 0.2) is 66.9 Å². The zero-order chi connectivity index (χ0) is 49.6. The van der Waals surface area contributed by atoms with Crippen LogP contribution in [0.1, 0.15) is 120 Å². The van der Waals surface area contributed by atoms with Crippen molar-refractivity contribution >= 4 is 35.4 Å². The molecule has 0 bridgehead atoms. The smallest absolute Gasteiger partial charge is 0.246 e. The van der Waals surface area contributed by atoms with E-state index in [1.165, 1.54) is 0 Å². The third kappa shape index (κ3) is 13.3. The van der Waals surface area contributed by atoms with Crippen molar-refractivity contribution in [2.75, 3.05) is 33.9 Å². The van der Waals surface area contributed by atoms with E-state index < -0.39 is 48.3 Å². The number of benzene rings is 2. The first-order valence-corrected chi connectivity index (χ1v) is 25.3. The van der Waals surface area contributed by atoms with Crippen molar-refractivity contribution in [2.45, 2.75) is 164 Å². The fourth-order valence-electron chi connectivity index (χ4n) is 10.2. The average molecular weight is 968 g/mol. The van der Waals surface area contributed by atoms with Crippen LogP contribution in [0.4, 0.5) is 0 Å². The number of nitrogens with zero attached hydrogens (tertiary/aromatic N) is 5. The molecular formula is C51H73N11O8. The molecule has 3 aromatic rings. The molecule has 6 N–H and O–H groups in total. The highest BCUT2D eigenvalue weighted by molar-refractivity contribution is 5.95. The van der Waals surface area contributed by atoms with Crippen molar-refractivity contribution in [1.29, 1.82) is 0 Å². The predicted molar refractivity (Wildman–Crippen MR) is 260 cm³/mol. The van der Waals surface area contributed by atoms with Crippen molar-refractivity contribution in [3.05, 3.63) is 83.7 Å². The highest BCUT2D eigenvalue weighted by Crippen LogP contribution is 2.34. The summed E-state index contributed by atoms with van der Waals surface area (Å²) in [6.07, 6.45) is 10.5. The van der Waals surface area contributed by atoms with Crippen LogP contribution < -0.4 is 31.9 Å². The molecular weight excluding hydrogens is 895 g/mol. The van der Waals surface area contributed by atoms with Crippen molar-refractivity contribution < 1.29 is 38.2 Å². The van der Waals surface area contributed by atoms with Gasteiger partial charge in [-0.1, -0.05) is 91.6 Å². The van der Waals surface area contributed by atoms with Gasteiger partial charge >= 0.3 is 0 Å². The number of rotatable bonds is 21. The van der Waals surface area contributed by atoms with E-state index in [1.54, 1.807) is 48.6 Å². The van der Waals surface area contributed by atoms with E-state index in [-0.39, 0.29) is 74.0 Å². The van der Waals surface area contributed by atoms with Crippen LogP contribution in [0.25, 0.3) is 0 Å². The molecule has 0 aliphatic carbocycles. The Morgan fingerprint density at radius 2 is 1.09 bits per heavy atom. The summed E-state index contributed by atoms with van der Waals surface area (Å²) in [5, 5.41) is 26.7. The molecule has 10 atom stereocenters. The maximum absolute atomic E-state index is 14.1. The number of nitrogens with one attached hydrogen (secondary N) is 6. The van der Waals surface area contributed by atoms with Crippen LogP contribution in [0.5, 0.6) is 0 Å². The Balaban J connectivity index is 0.914. The second-order valence-corrected chi connectivity index (χ2v) is 19.2. The Labute approximate surface area is 411 Å². The van der Waals surface area contributed by atoms with Gasteiger partial charge in [-0.3, -0.25) is 28.8 Å². The molecule has 4 aliphatic heterocycles. The number of likely N-dealkylation sites (N-methyl/N-ethyl adjacent to an activating group) is 2. The largest absolute Gasteiger partial charge is 0.377 e. The van der Waals surface area contributed by atoms with Crippen molar-refractivity contribution in [3.8, 4) is 0 Å². The predicted octanol–water partition coefficient (Wildman–Crippen LogP) is 2.58. The second kappa shape index (κ2) is 25.4. The van der Waals surface area contributed by atoms with Crippen LogP contribution >= 0.6 is 0 Å². The molecule has 70 heavy (non-hydrogen) atoms. The first-order valence-electron chi connectivity index (χ1n) is 25.3. The molecule has 380 valence electrons. The van der Waals surface area contributed by atoms with Gasteiger partial charge in [-0.15, -0.1) is 5.10 Å². The normalized spacial score (nSPS) is 24.4. The molecule has 6 amide bonds. The number of hydrogen-bond acceptors (Lipinski definition) is 12. The monoisotopic (exact) mass is 968 g/mol. The van der Waals surface area contributed by atoms with Crippen molar-refractivity contribution in [1.82, 2.24) is 56.7 Å². The summed E-state index contributed by atoms with van der Waals surface area (Å²) in [4.78, 5) is 85.3. The van der Waals surface area contributed by atoms with E-state index in [9.17, 15) is 28.8 Å². The summed E-state index contributed by atoms with van der Waals surface area (Å²) in [5.74, 6) is -1.41. The quantitative estimate of drug-likeness (QED) is 0.0847. The van der Waals surface area contributed by atoms with E-state index >= 15 is 0 Å². The highest BCUT2D eigenvalue weighted by atomic mass is 16.5. The number of amides is 6. The van der Waals surface area contributed by atoms with Gasteiger partial charge in [0.25, 0.3) is 0 Å². The zero-order valence-corrected chi connectivity index (χ0v) is 41.1. The lowest BCUT2D eigenvalue weighted by molar-refractivity contribution is -0.144. The molecule has 0 spiro atoms. The maximum Gasteiger partial charge on any atom is 0.246 e. The number of hydrogen-bond donors (Lipinski definition) is 6. The minimum atomic E-state index is -0.690. The summed E-state index contributed by atoms with van der Waals surface area (Å²) in [6, 6.07) is 14.5. The molecule has 0 radical (unpaired) electrons. The minimum absolute atomic E-state index is 0.0584. The Bertz CT molecular complexity index is 2210. The summed E-state index contributed by atoms with van der Waals surface area (Å²) < 4.78 is 14.0. The van der Waals surface area contributed by atoms with Crippen LogP contribution in [-0.4, -0.2) is 142 Å². The lowest BCUT2D eigenvalue weighted by Crippen LogP contribution is -2.58. The van der Waals surface area contributed by atoms with Crippen molar-refractivity contribution in [2.24, 2.45) is 0 Å². The molecule has 1 aromatic heterocycles. The van der Waals surface area contributed by atoms with Gasteiger partial charge in [-0.25, -0.2) is 4.68 Å². The van der Waals surface area contributed by atoms with E-state index in [2.05, 4.69) is 42.2 Å². The summed E-state index contributed by atoms with van der Waals surface area (Å²) in [6.45, 7) is 4.61. The molecule has 4 fully saturated rings. The van der Waals surface area contributed by atoms with E-state index in [0.717, 1.165) is 62.5 Å². The first kappa shape index (κ1) is 52.1. The molecule has 5 heterocycles. The summed E-state index contributed by atoms with van der Waals surface area (Å²) in [7, 11) is 3.40. The molecule has 0 saturated carbocycles. The van der Waals surface area contributed by atoms with Gasteiger partial charge in [0.05, 0.1) is 63.3 Å². The molecule has 19 heteroatoms. The van der Waals surface area contributed by atoms with Gasteiger partial charge in [0.1, 0.15) is 29.9 Å². The number of ether oxygens (including phenoxy) is 2.